The molecule has 2 nitrogen and oxygen atoms in total. The molecule has 2 heteroatoms. The largest absolute Gasteiger partial charge is 0.381 e. The van der Waals surface area contributed by atoms with Gasteiger partial charge in [0.1, 0.15) is 0 Å². The molecule has 0 bridgehead atoms. The van der Waals surface area contributed by atoms with E-state index in [9.17, 15) is 0 Å². The van der Waals surface area contributed by atoms with E-state index in [4.69, 9.17) is 9.47 Å². The Bertz CT molecular complexity index is 82.3. The second-order valence-electron chi connectivity index (χ2n) is 3.64. The highest BCUT2D eigenvalue weighted by Gasteiger charge is 1.91. The van der Waals surface area contributed by atoms with Crippen LogP contribution in [-0.4, -0.2) is 26.4 Å². The van der Waals surface area contributed by atoms with Gasteiger partial charge in [-0.3, -0.25) is 0 Å². The molecule has 86 valence electrons. The van der Waals surface area contributed by atoms with Gasteiger partial charge >= 0.3 is 0 Å². The van der Waals surface area contributed by atoms with Crippen molar-refractivity contribution in [1.29, 1.82) is 0 Å². The Morgan fingerprint density at radius 2 is 1.00 bits per heavy atom. The van der Waals surface area contributed by atoms with Gasteiger partial charge in [0.05, 0.1) is 0 Å². The predicted molar refractivity (Wildman–Crippen MR) is 60.7 cm³/mol. The molecule has 0 saturated heterocycles. The lowest BCUT2D eigenvalue weighted by Gasteiger charge is -2.03. The third-order valence-electron chi connectivity index (χ3n) is 2.02. The first-order chi connectivity index (χ1) is 6.91. The molecule has 0 spiro atoms. The van der Waals surface area contributed by atoms with E-state index < -0.39 is 0 Å². The molecule has 0 amide bonds. The van der Waals surface area contributed by atoms with E-state index >= 15 is 0 Å². The van der Waals surface area contributed by atoms with E-state index in [1.54, 1.807) is 0 Å². The van der Waals surface area contributed by atoms with Crippen molar-refractivity contribution in [2.45, 2.75) is 52.4 Å². The molecule has 0 unspecified atom stereocenters. The molecule has 0 rings (SSSR count). The van der Waals surface area contributed by atoms with Crippen LogP contribution in [0.1, 0.15) is 52.4 Å². The normalized spacial score (nSPS) is 10.7. The lowest BCUT2D eigenvalue weighted by atomic mass is 10.2. The number of rotatable bonds is 11. The van der Waals surface area contributed by atoms with Crippen molar-refractivity contribution in [3.8, 4) is 0 Å². The maximum atomic E-state index is 5.40. The number of hydrogen-bond donors (Lipinski definition) is 0. The average molecular weight is 202 g/mol. The molecule has 0 aromatic heterocycles. The molecular weight excluding hydrogens is 176 g/mol. The predicted octanol–water partition coefficient (Wildman–Crippen LogP) is 3.40. The first-order valence-corrected chi connectivity index (χ1v) is 6.07. The molecule has 0 heterocycles. The van der Waals surface area contributed by atoms with E-state index in [0.717, 1.165) is 39.3 Å². The minimum Gasteiger partial charge on any atom is -0.381 e. The van der Waals surface area contributed by atoms with Crippen LogP contribution in [-0.2, 0) is 9.47 Å². The van der Waals surface area contributed by atoms with Gasteiger partial charge in [0.25, 0.3) is 0 Å². The molecule has 0 saturated carbocycles. The topological polar surface area (TPSA) is 18.5 Å². The lowest BCUT2D eigenvalue weighted by molar-refractivity contribution is 0.122. The van der Waals surface area contributed by atoms with Gasteiger partial charge < -0.3 is 9.47 Å². The van der Waals surface area contributed by atoms with Gasteiger partial charge in [-0.15, -0.1) is 0 Å². The van der Waals surface area contributed by atoms with Crippen LogP contribution in [0.15, 0.2) is 0 Å². The summed E-state index contributed by atoms with van der Waals surface area (Å²) in [5.74, 6) is 0. The molecule has 0 aromatic rings. The Balaban J connectivity index is 2.78. The fourth-order valence-corrected chi connectivity index (χ4v) is 1.25. The highest BCUT2D eigenvalue weighted by molar-refractivity contribution is 4.42. The van der Waals surface area contributed by atoms with Crippen LogP contribution in [0.25, 0.3) is 0 Å². The Labute approximate surface area is 89.0 Å². The molecule has 0 radical (unpaired) electrons. The SMILES string of the molecule is CCCOCCCCCCOCCC. The molecule has 14 heavy (non-hydrogen) atoms. The van der Waals surface area contributed by atoms with Crippen LogP contribution in [0.3, 0.4) is 0 Å². The molecule has 0 atom stereocenters. The Morgan fingerprint density at radius 3 is 1.36 bits per heavy atom. The van der Waals surface area contributed by atoms with Gasteiger partial charge in [0.15, 0.2) is 0 Å². The fourth-order valence-electron chi connectivity index (χ4n) is 1.25. The molecule has 0 aliphatic heterocycles. The Morgan fingerprint density at radius 1 is 0.571 bits per heavy atom. The van der Waals surface area contributed by atoms with Gasteiger partial charge in [-0.25, -0.2) is 0 Å². The number of hydrogen-bond acceptors (Lipinski definition) is 2. The van der Waals surface area contributed by atoms with Crippen molar-refractivity contribution in [1.82, 2.24) is 0 Å². The van der Waals surface area contributed by atoms with Crippen molar-refractivity contribution in [3.05, 3.63) is 0 Å². The third-order valence-corrected chi connectivity index (χ3v) is 2.02. The summed E-state index contributed by atoms with van der Waals surface area (Å²) in [6.07, 6.45) is 7.22. The van der Waals surface area contributed by atoms with Crippen molar-refractivity contribution < 1.29 is 9.47 Å². The lowest BCUT2D eigenvalue weighted by Crippen LogP contribution is -1.97. The summed E-state index contributed by atoms with van der Waals surface area (Å²) in [5.41, 5.74) is 0. The van der Waals surface area contributed by atoms with Crippen LogP contribution in [0, 0.1) is 0 Å². The first-order valence-electron chi connectivity index (χ1n) is 6.07. The van der Waals surface area contributed by atoms with E-state index in [2.05, 4.69) is 13.8 Å². The quantitative estimate of drug-likeness (QED) is 0.478. The monoisotopic (exact) mass is 202 g/mol. The fraction of sp³-hybridized carbons (Fsp3) is 1.00. The van der Waals surface area contributed by atoms with Crippen LogP contribution in [0.2, 0.25) is 0 Å². The van der Waals surface area contributed by atoms with E-state index in [0.29, 0.717) is 0 Å². The maximum absolute atomic E-state index is 5.40. The minimum absolute atomic E-state index is 0.916. The van der Waals surface area contributed by atoms with E-state index in [-0.39, 0.29) is 0 Å². The van der Waals surface area contributed by atoms with Gasteiger partial charge in [0.2, 0.25) is 0 Å². The minimum atomic E-state index is 0.916. The highest BCUT2D eigenvalue weighted by Crippen LogP contribution is 2.00. The standard InChI is InChI=1S/C12H26O2/c1-3-9-13-11-7-5-6-8-12-14-10-4-2/h3-12H2,1-2H3. The zero-order chi connectivity index (χ0) is 10.5. The number of ether oxygens (including phenoxy) is 2. The van der Waals surface area contributed by atoms with Crippen LogP contribution < -0.4 is 0 Å². The van der Waals surface area contributed by atoms with Crippen molar-refractivity contribution in [2.75, 3.05) is 26.4 Å². The Kier molecular flexibility index (Phi) is 12.8. The van der Waals surface area contributed by atoms with Gasteiger partial charge in [-0.1, -0.05) is 26.7 Å². The van der Waals surface area contributed by atoms with E-state index in [1.165, 1.54) is 25.7 Å². The second kappa shape index (κ2) is 12.9. The molecule has 0 aromatic carbocycles. The van der Waals surface area contributed by atoms with E-state index in [1.807, 2.05) is 0 Å². The average Bonchev–Trinajstić information content (AvgIpc) is 2.21. The van der Waals surface area contributed by atoms with Gasteiger partial charge in [-0.05, 0) is 25.7 Å². The molecule has 0 aliphatic rings. The third kappa shape index (κ3) is 11.9. The van der Waals surface area contributed by atoms with Gasteiger partial charge in [-0.2, -0.15) is 0 Å². The van der Waals surface area contributed by atoms with Crippen LogP contribution in [0.4, 0.5) is 0 Å². The van der Waals surface area contributed by atoms with Crippen LogP contribution >= 0.6 is 0 Å². The van der Waals surface area contributed by atoms with Crippen LogP contribution in [0.5, 0.6) is 0 Å². The zero-order valence-electron chi connectivity index (χ0n) is 9.89. The summed E-state index contributed by atoms with van der Waals surface area (Å²) < 4.78 is 10.8. The van der Waals surface area contributed by atoms with Crippen molar-refractivity contribution in [2.24, 2.45) is 0 Å². The molecule has 0 aliphatic carbocycles. The zero-order valence-corrected chi connectivity index (χ0v) is 9.89. The first kappa shape index (κ1) is 13.9. The smallest absolute Gasteiger partial charge is 0.0466 e. The summed E-state index contributed by atoms with van der Waals surface area (Å²) in [6.45, 7) is 7.99. The highest BCUT2D eigenvalue weighted by atomic mass is 16.5. The molecule has 0 N–H and O–H groups in total. The summed E-state index contributed by atoms with van der Waals surface area (Å²) in [5, 5.41) is 0. The summed E-state index contributed by atoms with van der Waals surface area (Å²) in [6, 6.07) is 0. The summed E-state index contributed by atoms with van der Waals surface area (Å²) in [7, 11) is 0. The second-order valence-corrected chi connectivity index (χ2v) is 3.64. The van der Waals surface area contributed by atoms with Crippen molar-refractivity contribution in [3.63, 3.8) is 0 Å². The maximum Gasteiger partial charge on any atom is 0.0466 e. The molecule has 0 fully saturated rings. The van der Waals surface area contributed by atoms with Crippen molar-refractivity contribution >= 4 is 0 Å². The number of unbranched alkanes of at least 4 members (excludes halogenated alkanes) is 3. The molecular formula is C12H26O2. The summed E-state index contributed by atoms with van der Waals surface area (Å²) >= 11 is 0. The van der Waals surface area contributed by atoms with Gasteiger partial charge in [0, 0.05) is 26.4 Å². The summed E-state index contributed by atoms with van der Waals surface area (Å²) in [4.78, 5) is 0. The Hall–Kier alpha value is -0.0800.